The van der Waals surface area contributed by atoms with Gasteiger partial charge in [-0.3, -0.25) is 4.79 Å². The van der Waals surface area contributed by atoms with Gasteiger partial charge in [-0.1, -0.05) is 24.3 Å². The highest BCUT2D eigenvalue weighted by atomic mass is 16.5. The fraction of sp³-hybridized carbons (Fsp3) is 0.100. The zero-order valence-electron chi connectivity index (χ0n) is 14.0. The molecule has 0 atom stereocenters. The number of hydrogen-bond donors (Lipinski definition) is 2. The van der Waals surface area contributed by atoms with Crippen molar-refractivity contribution in [1.82, 2.24) is 9.97 Å². The molecule has 1 amide bonds. The predicted octanol–water partition coefficient (Wildman–Crippen LogP) is 4.29. The van der Waals surface area contributed by atoms with Gasteiger partial charge in [-0.15, -0.1) is 0 Å². The van der Waals surface area contributed by atoms with E-state index in [1.54, 1.807) is 19.2 Å². The molecule has 0 bridgehead atoms. The minimum absolute atomic E-state index is 0.245. The number of nitrogens with one attached hydrogen (secondary N) is 2. The van der Waals surface area contributed by atoms with Gasteiger partial charge in [0.2, 0.25) is 0 Å². The van der Waals surface area contributed by atoms with E-state index in [9.17, 15) is 4.79 Å². The third-order valence-electron chi connectivity index (χ3n) is 4.16. The molecule has 124 valence electrons. The molecule has 0 aliphatic heterocycles. The number of aromatic amines is 1. The highest BCUT2D eigenvalue weighted by Gasteiger charge is 2.13. The number of aromatic nitrogens is 2. The Bertz CT molecular complexity index is 1100. The first-order valence-corrected chi connectivity index (χ1v) is 7.98. The Labute approximate surface area is 144 Å². The van der Waals surface area contributed by atoms with Crippen molar-refractivity contribution in [1.29, 1.82) is 0 Å². The van der Waals surface area contributed by atoms with Crippen LogP contribution < -0.4 is 10.1 Å². The van der Waals surface area contributed by atoms with Crippen LogP contribution in [0.3, 0.4) is 0 Å². The van der Waals surface area contributed by atoms with Gasteiger partial charge in [0, 0.05) is 28.2 Å². The van der Waals surface area contributed by atoms with Gasteiger partial charge in [-0.25, -0.2) is 4.98 Å². The van der Waals surface area contributed by atoms with E-state index in [0.29, 0.717) is 17.1 Å². The summed E-state index contributed by atoms with van der Waals surface area (Å²) in [6.45, 7) is 2.00. The molecule has 2 aromatic carbocycles. The predicted molar refractivity (Wildman–Crippen MR) is 99.3 cm³/mol. The van der Waals surface area contributed by atoms with Crippen LogP contribution >= 0.6 is 0 Å². The smallest absolute Gasteiger partial charge is 0.274 e. The number of benzene rings is 2. The quantitative estimate of drug-likeness (QED) is 0.588. The summed E-state index contributed by atoms with van der Waals surface area (Å²) in [5.74, 6) is 0.444. The number of methoxy groups -OCH3 is 1. The summed E-state index contributed by atoms with van der Waals surface area (Å²) in [6, 6.07) is 17.1. The van der Waals surface area contributed by atoms with Gasteiger partial charge in [0.25, 0.3) is 5.91 Å². The molecular formula is C20H17N3O2. The van der Waals surface area contributed by atoms with Crippen molar-refractivity contribution in [2.45, 2.75) is 6.92 Å². The van der Waals surface area contributed by atoms with Gasteiger partial charge in [0.15, 0.2) is 0 Å². The van der Waals surface area contributed by atoms with E-state index in [1.807, 2.05) is 49.4 Å². The van der Waals surface area contributed by atoms with E-state index in [2.05, 4.69) is 15.3 Å². The van der Waals surface area contributed by atoms with E-state index in [0.717, 1.165) is 27.5 Å². The highest BCUT2D eigenvalue weighted by Crippen LogP contribution is 2.25. The van der Waals surface area contributed by atoms with Gasteiger partial charge in [0.1, 0.15) is 11.4 Å². The first kappa shape index (κ1) is 15.2. The molecule has 2 heterocycles. The second kappa shape index (κ2) is 5.94. The number of fused-ring (bicyclic) bond motifs is 3. The maximum absolute atomic E-state index is 12.6. The molecule has 0 radical (unpaired) electrons. The zero-order valence-corrected chi connectivity index (χ0v) is 14.0. The summed E-state index contributed by atoms with van der Waals surface area (Å²) in [6.07, 6.45) is 0. The van der Waals surface area contributed by atoms with Crippen LogP contribution in [0.15, 0.2) is 54.6 Å². The second-order valence-electron chi connectivity index (χ2n) is 5.94. The first-order valence-electron chi connectivity index (χ1n) is 7.98. The van der Waals surface area contributed by atoms with Crippen molar-refractivity contribution < 1.29 is 9.53 Å². The summed E-state index contributed by atoms with van der Waals surface area (Å²) in [5, 5.41) is 4.86. The number of anilines is 1. The molecule has 0 fully saturated rings. The average Bonchev–Trinajstić information content (AvgIpc) is 3.07. The van der Waals surface area contributed by atoms with Crippen LogP contribution in [0.4, 0.5) is 5.69 Å². The van der Waals surface area contributed by atoms with E-state index >= 15 is 0 Å². The lowest BCUT2D eigenvalue weighted by Crippen LogP contribution is -2.12. The Balaban J connectivity index is 1.72. The molecule has 0 saturated carbocycles. The molecule has 0 aliphatic rings. The van der Waals surface area contributed by atoms with Crippen LogP contribution in [-0.2, 0) is 0 Å². The van der Waals surface area contributed by atoms with Crippen LogP contribution in [0.5, 0.6) is 5.75 Å². The monoisotopic (exact) mass is 331 g/mol. The minimum atomic E-state index is -0.245. The van der Waals surface area contributed by atoms with Gasteiger partial charge < -0.3 is 15.0 Å². The average molecular weight is 331 g/mol. The number of carbonyl (C=O) groups excluding carboxylic acids is 1. The molecular weight excluding hydrogens is 314 g/mol. The van der Waals surface area contributed by atoms with Gasteiger partial charge in [0.05, 0.1) is 18.1 Å². The van der Waals surface area contributed by atoms with E-state index < -0.39 is 0 Å². The molecule has 4 aromatic rings. The summed E-state index contributed by atoms with van der Waals surface area (Å²) in [5.41, 5.74) is 3.85. The van der Waals surface area contributed by atoms with Crippen molar-refractivity contribution in [2.75, 3.05) is 12.4 Å². The van der Waals surface area contributed by atoms with Gasteiger partial charge in [-0.2, -0.15) is 0 Å². The minimum Gasteiger partial charge on any atom is -0.497 e. The standard InChI is InChI=1S/C20H17N3O2/c1-12-6-7-13-8-9-14-10-17(23-19(14)18(13)21-12)20(24)22-15-4-3-5-16(11-15)25-2/h3-11,21H,1-2H3,(H,22,24). The molecule has 4 rings (SSSR count). The van der Waals surface area contributed by atoms with Crippen molar-refractivity contribution in [2.24, 2.45) is 0 Å². The molecule has 0 aliphatic carbocycles. The van der Waals surface area contributed by atoms with Crippen molar-refractivity contribution >= 4 is 33.4 Å². The summed E-state index contributed by atoms with van der Waals surface area (Å²) in [7, 11) is 1.59. The van der Waals surface area contributed by atoms with Crippen LogP contribution in [-0.4, -0.2) is 23.0 Å². The van der Waals surface area contributed by atoms with Crippen molar-refractivity contribution in [3.8, 4) is 5.75 Å². The normalized spacial score (nSPS) is 11.0. The van der Waals surface area contributed by atoms with Gasteiger partial charge >= 0.3 is 0 Å². The second-order valence-corrected chi connectivity index (χ2v) is 5.94. The Morgan fingerprint density at radius 1 is 1.08 bits per heavy atom. The largest absolute Gasteiger partial charge is 0.497 e. The molecule has 2 aromatic heterocycles. The van der Waals surface area contributed by atoms with Crippen LogP contribution in [0.1, 0.15) is 16.2 Å². The number of amides is 1. The number of nitrogens with zero attached hydrogens (tertiary/aromatic N) is 1. The summed E-state index contributed by atoms with van der Waals surface area (Å²) in [4.78, 5) is 20.4. The van der Waals surface area contributed by atoms with E-state index in [4.69, 9.17) is 4.74 Å². The zero-order chi connectivity index (χ0) is 17.4. The van der Waals surface area contributed by atoms with Crippen LogP contribution in [0.2, 0.25) is 0 Å². The Morgan fingerprint density at radius 2 is 1.88 bits per heavy atom. The molecule has 5 nitrogen and oxygen atoms in total. The Morgan fingerprint density at radius 3 is 2.72 bits per heavy atom. The lowest BCUT2D eigenvalue weighted by atomic mass is 10.1. The number of H-pyrrole nitrogens is 1. The summed E-state index contributed by atoms with van der Waals surface area (Å²) < 4.78 is 5.18. The maximum atomic E-state index is 12.6. The fourth-order valence-electron chi connectivity index (χ4n) is 2.90. The van der Waals surface area contributed by atoms with Crippen LogP contribution in [0, 0.1) is 6.92 Å². The number of aryl methyl sites for hydroxylation is 1. The number of rotatable bonds is 3. The lowest BCUT2D eigenvalue weighted by Gasteiger charge is -2.05. The molecule has 0 spiro atoms. The highest BCUT2D eigenvalue weighted by molar-refractivity contribution is 6.10. The molecule has 5 heteroatoms. The Hall–Kier alpha value is -3.34. The summed E-state index contributed by atoms with van der Waals surface area (Å²) >= 11 is 0. The van der Waals surface area contributed by atoms with Crippen LogP contribution in [0.25, 0.3) is 21.8 Å². The van der Waals surface area contributed by atoms with Gasteiger partial charge in [-0.05, 0) is 31.2 Å². The molecule has 2 N–H and O–H groups in total. The number of pyridine rings is 1. The number of carbonyl (C=O) groups is 1. The third-order valence-corrected chi connectivity index (χ3v) is 4.16. The topological polar surface area (TPSA) is 67.0 Å². The molecule has 0 unspecified atom stereocenters. The maximum Gasteiger partial charge on any atom is 0.274 e. The molecule has 0 saturated heterocycles. The third kappa shape index (κ3) is 2.80. The van der Waals surface area contributed by atoms with E-state index in [-0.39, 0.29) is 5.91 Å². The Kier molecular flexibility index (Phi) is 3.61. The van der Waals surface area contributed by atoms with E-state index in [1.165, 1.54) is 0 Å². The molecule has 25 heavy (non-hydrogen) atoms. The number of hydrogen-bond acceptors (Lipinski definition) is 3. The number of ether oxygens (including phenoxy) is 1. The lowest BCUT2D eigenvalue weighted by molar-refractivity contribution is 0.102. The fourth-order valence-corrected chi connectivity index (χ4v) is 2.90. The van der Waals surface area contributed by atoms with Crippen molar-refractivity contribution in [3.05, 3.63) is 66.0 Å². The van der Waals surface area contributed by atoms with Crippen molar-refractivity contribution in [3.63, 3.8) is 0 Å². The first-order chi connectivity index (χ1) is 12.1. The SMILES string of the molecule is COc1cccc(NC(=O)c2cc3ccc4ccc(C)[nH]c4c3n2)c1.